The number of nitrogens with one attached hydrogen (secondary N) is 1. The van der Waals surface area contributed by atoms with Gasteiger partial charge in [0.05, 0.1) is 6.04 Å². The maximum atomic E-state index is 13.5. The number of benzene rings is 2. The molecule has 6 heteroatoms. The quantitative estimate of drug-likeness (QED) is 0.647. The average molecular weight is 468 g/mol. The van der Waals surface area contributed by atoms with Crippen LogP contribution in [0.15, 0.2) is 48.5 Å². The summed E-state index contributed by atoms with van der Waals surface area (Å²) in [5, 5.41) is 3.91. The summed E-state index contributed by atoms with van der Waals surface area (Å²) in [5.41, 5.74) is 3.40. The van der Waals surface area contributed by atoms with Gasteiger partial charge in [0, 0.05) is 30.5 Å². The molecule has 2 amide bonds. The number of rotatable bonds is 7. The van der Waals surface area contributed by atoms with Gasteiger partial charge in [0.2, 0.25) is 11.8 Å². The molecule has 0 bridgehead atoms. The van der Waals surface area contributed by atoms with E-state index < -0.39 is 6.04 Å². The van der Waals surface area contributed by atoms with Gasteiger partial charge in [0.1, 0.15) is 6.04 Å². The molecule has 0 aliphatic carbocycles. The number of carbonyl (C=O) groups is 2. The number of fused-ring (bicyclic) bond motifs is 1. The fourth-order valence-electron chi connectivity index (χ4n) is 4.99. The van der Waals surface area contributed by atoms with Gasteiger partial charge in [-0.05, 0) is 61.2 Å². The second-order valence-corrected chi connectivity index (χ2v) is 9.76. The molecule has 0 saturated carbocycles. The number of halogens is 1. The van der Waals surface area contributed by atoms with E-state index in [1.807, 2.05) is 44.2 Å². The van der Waals surface area contributed by atoms with Crippen molar-refractivity contribution < 1.29 is 9.59 Å². The van der Waals surface area contributed by atoms with E-state index >= 15 is 0 Å². The van der Waals surface area contributed by atoms with Crippen molar-refractivity contribution in [3.05, 3.63) is 70.2 Å². The van der Waals surface area contributed by atoms with Crippen molar-refractivity contribution in [3.63, 3.8) is 0 Å². The maximum absolute atomic E-state index is 13.5. The number of nitrogens with zero attached hydrogens (tertiary/aromatic N) is 2. The Bertz CT molecular complexity index is 989. The standard InChI is InChI=1S/C27H34ClN3O2/c1-3-19(2)27(33)31-18-22-10-5-4-9-20(22)16-24(31)26(32)29-17-25(30-13-6-7-14-30)21-11-8-12-23(28)15-21/h4-5,8-12,15,19,24-25H,3,6-7,13-14,16-18H2,1-2H3,(H,29,32). The summed E-state index contributed by atoms with van der Waals surface area (Å²) >= 11 is 6.28. The minimum absolute atomic E-state index is 0.0538. The summed E-state index contributed by atoms with van der Waals surface area (Å²) in [6.07, 6.45) is 3.65. The fourth-order valence-corrected chi connectivity index (χ4v) is 5.19. The van der Waals surface area contributed by atoms with E-state index in [-0.39, 0.29) is 23.8 Å². The monoisotopic (exact) mass is 467 g/mol. The lowest BCUT2D eigenvalue weighted by molar-refractivity contribution is -0.144. The summed E-state index contributed by atoms with van der Waals surface area (Å²) in [7, 11) is 0. The normalized spacial score (nSPS) is 20.2. The van der Waals surface area contributed by atoms with Crippen LogP contribution in [0.1, 0.15) is 55.8 Å². The van der Waals surface area contributed by atoms with Crippen LogP contribution in [0.2, 0.25) is 5.02 Å². The third-order valence-electron chi connectivity index (χ3n) is 7.15. The third-order valence-corrected chi connectivity index (χ3v) is 7.39. The smallest absolute Gasteiger partial charge is 0.243 e. The zero-order chi connectivity index (χ0) is 23.4. The lowest BCUT2D eigenvalue weighted by Gasteiger charge is -2.38. The summed E-state index contributed by atoms with van der Waals surface area (Å²) in [6.45, 7) is 6.98. The SMILES string of the molecule is CCC(C)C(=O)N1Cc2ccccc2CC1C(=O)NCC(c1cccc(Cl)c1)N1CCCC1. The number of amides is 2. The molecule has 1 saturated heterocycles. The zero-order valence-electron chi connectivity index (χ0n) is 19.6. The molecule has 2 aromatic carbocycles. The van der Waals surface area contributed by atoms with Gasteiger partial charge < -0.3 is 10.2 Å². The highest BCUT2D eigenvalue weighted by atomic mass is 35.5. The highest BCUT2D eigenvalue weighted by Gasteiger charge is 2.36. The molecule has 4 rings (SSSR count). The molecule has 176 valence electrons. The van der Waals surface area contributed by atoms with Crippen molar-refractivity contribution in [3.8, 4) is 0 Å². The fraction of sp³-hybridized carbons (Fsp3) is 0.481. The number of hydrogen-bond acceptors (Lipinski definition) is 3. The summed E-state index contributed by atoms with van der Waals surface area (Å²) < 4.78 is 0. The Morgan fingerprint density at radius 2 is 1.82 bits per heavy atom. The van der Waals surface area contributed by atoms with Crippen LogP contribution in [-0.2, 0) is 22.6 Å². The van der Waals surface area contributed by atoms with E-state index in [1.54, 1.807) is 4.90 Å². The van der Waals surface area contributed by atoms with Crippen molar-refractivity contribution in [1.29, 1.82) is 0 Å². The minimum Gasteiger partial charge on any atom is -0.352 e. The van der Waals surface area contributed by atoms with Crippen LogP contribution >= 0.6 is 11.6 Å². The molecule has 3 unspecified atom stereocenters. The van der Waals surface area contributed by atoms with Gasteiger partial charge in [-0.2, -0.15) is 0 Å². The molecular formula is C27H34ClN3O2. The van der Waals surface area contributed by atoms with Crippen LogP contribution in [0.5, 0.6) is 0 Å². The van der Waals surface area contributed by atoms with Gasteiger partial charge >= 0.3 is 0 Å². The van der Waals surface area contributed by atoms with E-state index in [2.05, 4.69) is 28.4 Å². The third kappa shape index (κ3) is 5.42. The first-order valence-corrected chi connectivity index (χ1v) is 12.5. The first-order chi connectivity index (χ1) is 16.0. The number of hydrogen-bond donors (Lipinski definition) is 1. The zero-order valence-corrected chi connectivity index (χ0v) is 20.4. The van der Waals surface area contributed by atoms with Crippen molar-refractivity contribution in [2.75, 3.05) is 19.6 Å². The lowest BCUT2D eigenvalue weighted by atomic mass is 9.92. The molecule has 5 nitrogen and oxygen atoms in total. The lowest BCUT2D eigenvalue weighted by Crippen LogP contribution is -2.54. The largest absolute Gasteiger partial charge is 0.352 e. The molecule has 0 aromatic heterocycles. The van der Waals surface area contributed by atoms with Crippen molar-refractivity contribution in [1.82, 2.24) is 15.1 Å². The van der Waals surface area contributed by atoms with E-state index in [0.717, 1.165) is 36.2 Å². The van der Waals surface area contributed by atoms with Gasteiger partial charge in [-0.15, -0.1) is 0 Å². The summed E-state index contributed by atoms with van der Waals surface area (Å²) in [4.78, 5) is 30.9. The Balaban J connectivity index is 1.53. The Labute approximate surface area is 202 Å². The van der Waals surface area contributed by atoms with Crippen LogP contribution in [0.3, 0.4) is 0 Å². The second kappa shape index (κ2) is 10.7. The maximum Gasteiger partial charge on any atom is 0.243 e. The molecule has 0 radical (unpaired) electrons. The Kier molecular flexibility index (Phi) is 7.71. The first kappa shape index (κ1) is 23.8. The molecule has 2 heterocycles. The van der Waals surface area contributed by atoms with Gasteiger partial charge in [-0.1, -0.05) is 61.8 Å². The number of carbonyl (C=O) groups excluding carboxylic acids is 2. The molecule has 1 fully saturated rings. The van der Waals surface area contributed by atoms with Crippen LogP contribution in [0.25, 0.3) is 0 Å². The van der Waals surface area contributed by atoms with Gasteiger partial charge in [-0.25, -0.2) is 0 Å². The molecule has 33 heavy (non-hydrogen) atoms. The summed E-state index contributed by atoms with van der Waals surface area (Å²) in [5.74, 6) is -0.125. The highest BCUT2D eigenvalue weighted by molar-refractivity contribution is 6.30. The van der Waals surface area contributed by atoms with E-state index in [4.69, 9.17) is 11.6 Å². The first-order valence-electron chi connectivity index (χ1n) is 12.1. The minimum atomic E-state index is -0.486. The van der Waals surface area contributed by atoms with Crippen LogP contribution in [0, 0.1) is 5.92 Å². The molecular weight excluding hydrogens is 434 g/mol. The molecule has 0 spiro atoms. The van der Waals surface area contributed by atoms with E-state index in [1.165, 1.54) is 12.8 Å². The van der Waals surface area contributed by atoms with E-state index in [9.17, 15) is 9.59 Å². The molecule has 2 aromatic rings. The average Bonchev–Trinajstić information content (AvgIpc) is 3.37. The second-order valence-electron chi connectivity index (χ2n) is 9.32. The Morgan fingerprint density at radius 3 is 2.52 bits per heavy atom. The van der Waals surface area contributed by atoms with Gasteiger partial charge in [-0.3, -0.25) is 14.5 Å². The molecule has 2 aliphatic heterocycles. The predicted octanol–water partition coefficient (Wildman–Crippen LogP) is 4.59. The summed E-state index contributed by atoms with van der Waals surface area (Å²) in [6, 6.07) is 15.6. The van der Waals surface area contributed by atoms with E-state index in [0.29, 0.717) is 24.5 Å². The van der Waals surface area contributed by atoms with Crippen molar-refractivity contribution in [2.24, 2.45) is 5.92 Å². The van der Waals surface area contributed by atoms with Crippen molar-refractivity contribution in [2.45, 2.75) is 58.2 Å². The highest BCUT2D eigenvalue weighted by Crippen LogP contribution is 2.28. The Morgan fingerprint density at radius 1 is 1.09 bits per heavy atom. The van der Waals surface area contributed by atoms with Gasteiger partial charge in [0.25, 0.3) is 0 Å². The molecule has 3 atom stereocenters. The Hall–Kier alpha value is -2.37. The molecule has 2 aliphatic rings. The van der Waals surface area contributed by atoms with Crippen LogP contribution in [-0.4, -0.2) is 47.3 Å². The molecule has 1 N–H and O–H groups in total. The number of likely N-dealkylation sites (tertiary alicyclic amines) is 1. The van der Waals surface area contributed by atoms with Crippen molar-refractivity contribution >= 4 is 23.4 Å². The van der Waals surface area contributed by atoms with Gasteiger partial charge in [0.15, 0.2) is 0 Å². The topological polar surface area (TPSA) is 52.7 Å². The predicted molar refractivity (Wildman–Crippen MR) is 132 cm³/mol. The van der Waals surface area contributed by atoms with Crippen LogP contribution < -0.4 is 5.32 Å². The van der Waals surface area contributed by atoms with Crippen LogP contribution in [0.4, 0.5) is 0 Å².